The highest BCUT2D eigenvalue weighted by Gasteiger charge is 2.08. The van der Waals surface area contributed by atoms with E-state index in [0.717, 1.165) is 0 Å². The zero-order valence-electron chi connectivity index (χ0n) is 7.87. The maximum absolute atomic E-state index is 11.1. The number of ether oxygens (including phenoxy) is 1. The molecular formula is C10H9O4-. The summed E-state index contributed by atoms with van der Waals surface area (Å²) in [5, 5.41) is 10.5. The Bertz CT molecular complexity index is 382. The average molecular weight is 193 g/mol. The third-order valence-corrected chi connectivity index (χ3v) is 1.87. The summed E-state index contributed by atoms with van der Waals surface area (Å²) >= 11 is 0. The van der Waals surface area contributed by atoms with Crippen molar-refractivity contribution in [3.63, 3.8) is 0 Å². The highest BCUT2D eigenvalue weighted by molar-refractivity contribution is 5.93. The van der Waals surface area contributed by atoms with Crippen LogP contribution in [0.1, 0.15) is 26.3 Å². The molecule has 0 heterocycles. The van der Waals surface area contributed by atoms with Gasteiger partial charge >= 0.3 is 5.97 Å². The maximum atomic E-state index is 11.1. The molecule has 0 fully saturated rings. The summed E-state index contributed by atoms with van der Waals surface area (Å²) in [5.41, 5.74) is 0.964. The number of aryl methyl sites for hydroxylation is 1. The van der Waals surface area contributed by atoms with Crippen LogP contribution in [0.5, 0.6) is 0 Å². The average Bonchev–Trinajstić information content (AvgIpc) is 2.16. The molecule has 14 heavy (non-hydrogen) atoms. The van der Waals surface area contributed by atoms with E-state index in [4.69, 9.17) is 0 Å². The van der Waals surface area contributed by atoms with E-state index in [-0.39, 0.29) is 5.56 Å². The van der Waals surface area contributed by atoms with Gasteiger partial charge in [0.2, 0.25) is 0 Å². The minimum absolute atomic E-state index is 0.0511. The summed E-state index contributed by atoms with van der Waals surface area (Å²) in [4.78, 5) is 21.6. The van der Waals surface area contributed by atoms with E-state index >= 15 is 0 Å². The van der Waals surface area contributed by atoms with Crippen LogP contribution in [0.3, 0.4) is 0 Å². The Hall–Kier alpha value is -1.84. The van der Waals surface area contributed by atoms with E-state index in [2.05, 4.69) is 4.74 Å². The Labute approximate surface area is 81.1 Å². The molecule has 1 aromatic rings. The van der Waals surface area contributed by atoms with E-state index in [1.54, 1.807) is 6.92 Å². The minimum atomic E-state index is -1.26. The van der Waals surface area contributed by atoms with Crippen LogP contribution < -0.4 is 5.11 Å². The molecule has 4 nitrogen and oxygen atoms in total. The summed E-state index contributed by atoms with van der Waals surface area (Å²) in [5.74, 6) is -1.74. The second-order valence-electron chi connectivity index (χ2n) is 2.81. The van der Waals surface area contributed by atoms with Gasteiger partial charge in [-0.3, -0.25) is 0 Å². The lowest BCUT2D eigenvalue weighted by atomic mass is 10.1. The zero-order valence-corrected chi connectivity index (χ0v) is 7.87. The van der Waals surface area contributed by atoms with Gasteiger partial charge < -0.3 is 14.6 Å². The number of methoxy groups -OCH3 is 1. The number of carbonyl (C=O) groups excluding carboxylic acids is 2. The van der Waals surface area contributed by atoms with Gasteiger partial charge in [-0.25, -0.2) is 4.79 Å². The summed E-state index contributed by atoms with van der Waals surface area (Å²) in [6.07, 6.45) is 0. The fourth-order valence-corrected chi connectivity index (χ4v) is 1.13. The van der Waals surface area contributed by atoms with Gasteiger partial charge in [-0.2, -0.15) is 0 Å². The van der Waals surface area contributed by atoms with Crippen molar-refractivity contribution in [1.82, 2.24) is 0 Å². The van der Waals surface area contributed by atoms with Crippen molar-refractivity contribution in [2.75, 3.05) is 7.11 Å². The molecule has 0 aromatic heterocycles. The van der Waals surface area contributed by atoms with Crippen molar-refractivity contribution < 1.29 is 19.4 Å². The first-order valence-electron chi connectivity index (χ1n) is 3.96. The Morgan fingerprint density at radius 1 is 1.36 bits per heavy atom. The Morgan fingerprint density at radius 3 is 2.43 bits per heavy atom. The van der Waals surface area contributed by atoms with Gasteiger partial charge in [-0.15, -0.1) is 0 Å². The number of hydrogen-bond donors (Lipinski definition) is 0. The van der Waals surface area contributed by atoms with Gasteiger partial charge in [0, 0.05) is 0 Å². The Balaban J connectivity index is 3.14. The number of esters is 1. The van der Waals surface area contributed by atoms with Crippen LogP contribution in [-0.2, 0) is 4.74 Å². The van der Waals surface area contributed by atoms with Crippen LogP contribution in [0.2, 0.25) is 0 Å². The molecule has 0 unspecified atom stereocenters. The molecule has 1 aromatic carbocycles. The summed E-state index contributed by atoms with van der Waals surface area (Å²) in [7, 11) is 1.27. The lowest BCUT2D eigenvalue weighted by molar-refractivity contribution is -0.255. The molecule has 0 aliphatic heterocycles. The third kappa shape index (κ3) is 1.90. The summed E-state index contributed by atoms with van der Waals surface area (Å²) in [6, 6.07) is 4.10. The van der Waals surface area contributed by atoms with E-state index in [1.807, 2.05) is 0 Å². The van der Waals surface area contributed by atoms with Crippen LogP contribution in [-0.4, -0.2) is 19.0 Å². The highest BCUT2D eigenvalue weighted by atomic mass is 16.5. The number of carboxylic acids is 1. The Morgan fingerprint density at radius 2 is 2.00 bits per heavy atom. The molecule has 0 saturated carbocycles. The topological polar surface area (TPSA) is 66.4 Å². The molecule has 0 saturated heterocycles. The van der Waals surface area contributed by atoms with Gasteiger partial charge in [0.25, 0.3) is 0 Å². The zero-order chi connectivity index (χ0) is 10.7. The fourth-order valence-electron chi connectivity index (χ4n) is 1.13. The van der Waals surface area contributed by atoms with Gasteiger partial charge in [0.1, 0.15) is 0 Å². The SMILES string of the molecule is COC(=O)c1ccc(C(=O)[O-])cc1C. The second kappa shape index (κ2) is 3.91. The van der Waals surface area contributed by atoms with E-state index in [0.29, 0.717) is 11.1 Å². The van der Waals surface area contributed by atoms with E-state index in [9.17, 15) is 14.7 Å². The second-order valence-corrected chi connectivity index (χ2v) is 2.81. The predicted molar refractivity (Wildman–Crippen MR) is 46.8 cm³/mol. The molecule has 0 amide bonds. The quantitative estimate of drug-likeness (QED) is 0.627. The van der Waals surface area contributed by atoms with E-state index in [1.165, 1.54) is 25.3 Å². The van der Waals surface area contributed by atoms with Crippen molar-refractivity contribution in [3.8, 4) is 0 Å². The van der Waals surface area contributed by atoms with Crippen LogP contribution in [0.4, 0.5) is 0 Å². The van der Waals surface area contributed by atoms with Crippen molar-refractivity contribution in [2.24, 2.45) is 0 Å². The molecule has 0 radical (unpaired) electrons. The van der Waals surface area contributed by atoms with Crippen molar-refractivity contribution >= 4 is 11.9 Å². The summed E-state index contributed by atoms with van der Waals surface area (Å²) in [6.45, 7) is 1.64. The molecule has 0 atom stereocenters. The maximum Gasteiger partial charge on any atom is 0.338 e. The fraction of sp³-hybridized carbons (Fsp3) is 0.200. The lowest BCUT2D eigenvalue weighted by Gasteiger charge is -2.07. The number of aromatic carboxylic acids is 1. The molecular weight excluding hydrogens is 184 g/mol. The number of carboxylic acid groups (broad SMARTS) is 1. The first kappa shape index (κ1) is 10.2. The first-order valence-corrected chi connectivity index (χ1v) is 3.96. The van der Waals surface area contributed by atoms with Crippen molar-refractivity contribution in [1.29, 1.82) is 0 Å². The molecule has 0 aliphatic rings. The van der Waals surface area contributed by atoms with Gasteiger partial charge in [-0.05, 0) is 30.2 Å². The molecule has 0 aliphatic carbocycles. The standard InChI is InChI=1S/C10H10O4/c1-6-5-7(9(11)12)3-4-8(6)10(13)14-2/h3-5H,1-2H3,(H,11,12)/p-1. The summed E-state index contributed by atoms with van der Waals surface area (Å²) < 4.78 is 4.52. The number of benzene rings is 1. The van der Waals surface area contributed by atoms with Crippen LogP contribution in [0.25, 0.3) is 0 Å². The van der Waals surface area contributed by atoms with Crippen molar-refractivity contribution in [3.05, 3.63) is 34.9 Å². The molecule has 0 spiro atoms. The van der Waals surface area contributed by atoms with Crippen LogP contribution >= 0.6 is 0 Å². The van der Waals surface area contributed by atoms with Crippen LogP contribution in [0, 0.1) is 6.92 Å². The minimum Gasteiger partial charge on any atom is -0.545 e. The number of hydrogen-bond acceptors (Lipinski definition) is 4. The third-order valence-electron chi connectivity index (χ3n) is 1.87. The van der Waals surface area contributed by atoms with Gasteiger partial charge in [0.05, 0.1) is 18.6 Å². The lowest BCUT2D eigenvalue weighted by Crippen LogP contribution is -2.22. The number of rotatable bonds is 2. The van der Waals surface area contributed by atoms with Crippen molar-refractivity contribution in [2.45, 2.75) is 6.92 Å². The molecule has 1 rings (SSSR count). The molecule has 0 bridgehead atoms. The Kier molecular flexibility index (Phi) is 2.86. The van der Waals surface area contributed by atoms with Gasteiger partial charge in [-0.1, -0.05) is 6.07 Å². The molecule has 4 heteroatoms. The monoisotopic (exact) mass is 193 g/mol. The largest absolute Gasteiger partial charge is 0.545 e. The predicted octanol–water partition coefficient (Wildman–Crippen LogP) is 0.145. The smallest absolute Gasteiger partial charge is 0.338 e. The first-order chi connectivity index (χ1) is 6.56. The highest BCUT2D eigenvalue weighted by Crippen LogP contribution is 2.11. The van der Waals surface area contributed by atoms with Gasteiger partial charge in [0.15, 0.2) is 0 Å². The van der Waals surface area contributed by atoms with Crippen LogP contribution in [0.15, 0.2) is 18.2 Å². The molecule has 0 N–H and O–H groups in total. The number of carbonyl (C=O) groups is 2. The normalized spacial score (nSPS) is 9.57. The van der Waals surface area contributed by atoms with E-state index < -0.39 is 11.9 Å². The molecule has 74 valence electrons.